The van der Waals surface area contributed by atoms with Gasteiger partial charge in [-0.2, -0.15) is 0 Å². The molecule has 2 aromatic heterocycles. The van der Waals surface area contributed by atoms with Gasteiger partial charge in [-0.25, -0.2) is 4.98 Å². The van der Waals surface area contributed by atoms with Gasteiger partial charge in [0, 0.05) is 25.7 Å². The predicted molar refractivity (Wildman–Crippen MR) is 91.8 cm³/mol. The summed E-state index contributed by atoms with van der Waals surface area (Å²) >= 11 is 2.72. The number of hydrogen-bond donors (Lipinski definition) is 0. The molecule has 0 aliphatic carbocycles. The van der Waals surface area contributed by atoms with E-state index >= 15 is 0 Å². The summed E-state index contributed by atoms with van der Waals surface area (Å²) in [6, 6.07) is 13.2. The molecule has 112 valence electrons. The molecule has 1 aromatic carbocycles. The molecular weight excluding hydrogens is 318 g/mol. The van der Waals surface area contributed by atoms with E-state index in [2.05, 4.69) is 0 Å². The first kappa shape index (κ1) is 14.7. The Morgan fingerprint density at radius 1 is 1.09 bits per heavy atom. The van der Waals surface area contributed by atoms with E-state index in [4.69, 9.17) is 4.98 Å². The molecular formula is C15H13N3O2S2. The molecule has 0 fully saturated rings. The number of aromatic nitrogens is 1. The highest BCUT2D eigenvalue weighted by Gasteiger charge is 2.19. The first-order chi connectivity index (χ1) is 10.6. The zero-order valence-electron chi connectivity index (χ0n) is 12.0. The zero-order chi connectivity index (χ0) is 15.7. The molecule has 3 rings (SSSR count). The Hall–Kier alpha value is -2.25. The third-order valence-electron chi connectivity index (χ3n) is 3.04. The van der Waals surface area contributed by atoms with Crippen LogP contribution in [0.25, 0.3) is 21.0 Å². The van der Waals surface area contributed by atoms with E-state index in [1.807, 2.05) is 49.3 Å². The molecule has 5 nitrogen and oxygen atoms in total. The number of nitro groups is 1. The van der Waals surface area contributed by atoms with Crippen LogP contribution in [-0.2, 0) is 0 Å². The minimum absolute atomic E-state index is 0.147. The lowest BCUT2D eigenvalue weighted by molar-refractivity contribution is -0.380. The Kier molecular flexibility index (Phi) is 3.91. The lowest BCUT2D eigenvalue weighted by Crippen LogP contribution is -2.07. The zero-order valence-corrected chi connectivity index (χ0v) is 13.6. The monoisotopic (exact) mass is 331 g/mol. The van der Waals surface area contributed by atoms with Crippen LogP contribution in [0.1, 0.15) is 0 Å². The maximum absolute atomic E-state index is 10.9. The smallest absolute Gasteiger partial charge is 0.324 e. The third-order valence-corrected chi connectivity index (χ3v) is 5.48. The van der Waals surface area contributed by atoms with Gasteiger partial charge in [-0.05, 0) is 6.07 Å². The lowest BCUT2D eigenvalue weighted by atomic mass is 10.1. The fourth-order valence-corrected chi connectivity index (χ4v) is 3.95. The summed E-state index contributed by atoms with van der Waals surface area (Å²) in [7, 11) is 3.88. The minimum Gasteiger partial charge on any atom is -0.354 e. The van der Waals surface area contributed by atoms with E-state index < -0.39 is 0 Å². The highest BCUT2D eigenvalue weighted by atomic mass is 32.1. The van der Waals surface area contributed by atoms with Crippen LogP contribution in [0.15, 0.2) is 42.5 Å². The second kappa shape index (κ2) is 5.86. The molecule has 0 atom stereocenters. The van der Waals surface area contributed by atoms with Crippen molar-refractivity contribution in [3.63, 3.8) is 0 Å². The number of anilines is 1. The van der Waals surface area contributed by atoms with Crippen LogP contribution in [-0.4, -0.2) is 24.0 Å². The van der Waals surface area contributed by atoms with Crippen molar-refractivity contribution in [2.24, 2.45) is 0 Å². The summed E-state index contributed by atoms with van der Waals surface area (Å²) < 4.78 is 0. The average molecular weight is 331 g/mol. The van der Waals surface area contributed by atoms with Gasteiger partial charge in [0.05, 0.1) is 20.4 Å². The maximum atomic E-state index is 10.9. The van der Waals surface area contributed by atoms with Crippen LogP contribution in [0.2, 0.25) is 0 Å². The summed E-state index contributed by atoms with van der Waals surface area (Å²) in [6.45, 7) is 0. The van der Waals surface area contributed by atoms with E-state index in [-0.39, 0.29) is 9.92 Å². The Balaban J connectivity index is 2.14. The second-order valence-electron chi connectivity index (χ2n) is 4.83. The summed E-state index contributed by atoms with van der Waals surface area (Å²) in [6.07, 6.45) is 0. The molecule has 0 saturated carbocycles. The molecule has 2 heterocycles. The number of benzene rings is 1. The molecule has 0 bridgehead atoms. The highest BCUT2D eigenvalue weighted by molar-refractivity contribution is 7.25. The summed E-state index contributed by atoms with van der Waals surface area (Å²) in [5.74, 6) is 0. The van der Waals surface area contributed by atoms with Gasteiger partial charge < -0.3 is 4.90 Å². The number of hydrogen-bond acceptors (Lipinski definition) is 6. The van der Waals surface area contributed by atoms with Crippen molar-refractivity contribution in [2.45, 2.75) is 0 Å². The van der Waals surface area contributed by atoms with Crippen molar-refractivity contribution >= 4 is 32.8 Å². The van der Waals surface area contributed by atoms with Crippen molar-refractivity contribution < 1.29 is 4.92 Å². The van der Waals surface area contributed by atoms with Crippen molar-refractivity contribution in [3.05, 3.63) is 52.6 Å². The van der Waals surface area contributed by atoms with Crippen LogP contribution < -0.4 is 4.90 Å². The first-order valence-corrected chi connectivity index (χ1v) is 8.17. The molecule has 0 spiro atoms. The minimum atomic E-state index is -0.357. The van der Waals surface area contributed by atoms with E-state index in [1.165, 1.54) is 11.3 Å². The molecule has 0 saturated heterocycles. The Bertz CT molecular complexity index is 809. The van der Waals surface area contributed by atoms with Crippen molar-refractivity contribution in [1.82, 2.24) is 4.98 Å². The predicted octanol–water partition coefficient (Wildman–Crippen LogP) is 4.51. The van der Waals surface area contributed by atoms with Crippen molar-refractivity contribution in [1.29, 1.82) is 0 Å². The Morgan fingerprint density at radius 2 is 1.82 bits per heavy atom. The standard InChI is InChI=1S/C15H13N3O2S2/c1-17(2)15-16-13(10-6-4-3-5-7-10)14(22-15)11-8-9-12(21-11)18(19)20/h3-9H,1-2H3. The molecule has 0 aliphatic rings. The van der Waals surface area contributed by atoms with E-state index in [0.29, 0.717) is 0 Å². The van der Waals surface area contributed by atoms with Crippen molar-refractivity contribution in [3.8, 4) is 21.0 Å². The topological polar surface area (TPSA) is 59.3 Å². The highest BCUT2D eigenvalue weighted by Crippen LogP contribution is 2.43. The lowest BCUT2D eigenvalue weighted by Gasteiger charge is -2.05. The number of thiophene rings is 1. The van der Waals surface area contributed by atoms with Gasteiger partial charge in [-0.1, -0.05) is 53.0 Å². The number of thiazole rings is 1. The van der Waals surface area contributed by atoms with Crippen LogP contribution in [0.4, 0.5) is 10.1 Å². The molecule has 3 aromatic rings. The van der Waals surface area contributed by atoms with Gasteiger partial charge in [0.2, 0.25) is 0 Å². The molecule has 0 amide bonds. The van der Waals surface area contributed by atoms with Gasteiger partial charge in [-0.15, -0.1) is 0 Å². The van der Waals surface area contributed by atoms with Crippen LogP contribution in [0.5, 0.6) is 0 Å². The van der Waals surface area contributed by atoms with Gasteiger partial charge in [0.25, 0.3) is 0 Å². The number of rotatable bonds is 4. The average Bonchev–Trinajstić information content (AvgIpc) is 3.15. The fourth-order valence-electron chi connectivity index (χ4n) is 2.01. The normalized spacial score (nSPS) is 10.6. The largest absolute Gasteiger partial charge is 0.354 e. The van der Waals surface area contributed by atoms with Crippen LogP contribution >= 0.6 is 22.7 Å². The summed E-state index contributed by atoms with van der Waals surface area (Å²) in [5.41, 5.74) is 1.88. The summed E-state index contributed by atoms with van der Waals surface area (Å²) in [5, 5.41) is 11.9. The molecule has 7 heteroatoms. The van der Waals surface area contributed by atoms with Gasteiger partial charge in [0.15, 0.2) is 5.13 Å². The van der Waals surface area contributed by atoms with Gasteiger partial charge in [0.1, 0.15) is 0 Å². The Labute approximate surface area is 135 Å². The summed E-state index contributed by atoms with van der Waals surface area (Å²) in [4.78, 5) is 19.0. The fraction of sp³-hybridized carbons (Fsp3) is 0.133. The molecule has 0 radical (unpaired) electrons. The third kappa shape index (κ3) is 2.72. The second-order valence-corrected chi connectivity index (χ2v) is 6.87. The van der Waals surface area contributed by atoms with E-state index in [9.17, 15) is 10.1 Å². The van der Waals surface area contributed by atoms with E-state index in [0.717, 1.165) is 26.1 Å². The first-order valence-electron chi connectivity index (χ1n) is 6.54. The quantitative estimate of drug-likeness (QED) is 0.521. The molecule has 0 unspecified atom stereocenters. The molecule has 0 aliphatic heterocycles. The number of nitrogens with zero attached hydrogens (tertiary/aromatic N) is 3. The molecule has 22 heavy (non-hydrogen) atoms. The maximum Gasteiger partial charge on any atom is 0.324 e. The van der Waals surface area contributed by atoms with Crippen molar-refractivity contribution in [2.75, 3.05) is 19.0 Å². The Morgan fingerprint density at radius 3 is 2.41 bits per heavy atom. The van der Waals surface area contributed by atoms with E-state index in [1.54, 1.807) is 23.5 Å². The molecule has 0 N–H and O–H groups in total. The van der Waals surface area contributed by atoms with Gasteiger partial charge in [-0.3, -0.25) is 10.1 Å². The SMILES string of the molecule is CN(C)c1nc(-c2ccccc2)c(-c2ccc([N+](=O)[O-])s2)s1. The van der Waals surface area contributed by atoms with Crippen LogP contribution in [0.3, 0.4) is 0 Å². The van der Waals surface area contributed by atoms with Gasteiger partial charge >= 0.3 is 5.00 Å². The van der Waals surface area contributed by atoms with Crippen LogP contribution in [0, 0.1) is 10.1 Å².